The van der Waals surface area contributed by atoms with E-state index in [1.54, 1.807) is 16.2 Å². The second kappa shape index (κ2) is 4.68. The first-order chi connectivity index (χ1) is 8.54. The summed E-state index contributed by atoms with van der Waals surface area (Å²) < 4.78 is 3.42. The van der Waals surface area contributed by atoms with Gasteiger partial charge in [-0.05, 0) is 39.0 Å². The number of rotatable bonds is 3. The molecule has 1 heterocycles. The third kappa shape index (κ3) is 2.03. The molecule has 0 saturated carbocycles. The summed E-state index contributed by atoms with van der Waals surface area (Å²) in [6, 6.07) is 5.81. The van der Waals surface area contributed by atoms with Crippen molar-refractivity contribution < 1.29 is 0 Å². The summed E-state index contributed by atoms with van der Waals surface area (Å²) in [5, 5.41) is 4.16. The van der Waals surface area contributed by atoms with Crippen molar-refractivity contribution in [2.24, 2.45) is 12.1 Å². The number of aromatic nitrogens is 2. The molecule has 0 fully saturated rings. The van der Waals surface area contributed by atoms with Gasteiger partial charge in [-0.1, -0.05) is 0 Å². The summed E-state index contributed by atoms with van der Waals surface area (Å²) in [7, 11) is 1.79. The highest BCUT2D eigenvalue weighted by molar-refractivity contribution is 5.82. The minimum atomic E-state index is 0.0137. The highest BCUT2D eigenvalue weighted by Gasteiger charge is 2.09. The Morgan fingerprint density at radius 2 is 2.06 bits per heavy atom. The standard InChI is InChI=1S/C13H18N4O/c1-5-17-12-8-10(15-14-9(2)3)6-7-11(12)16(4)13(17)18/h6-8,15H,5H2,1-4H3. The van der Waals surface area contributed by atoms with E-state index < -0.39 is 0 Å². The molecule has 2 rings (SSSR count). The molecule has 0 aliphatic rings. The molecule has 18 heavy (non-hydrogen) atoms. The van der Waals surface area contributed by atoms with Crippen LogP contribution in [0.3, 0.4) is 0 Å². The molecule has 96 valence electrons. The molecule has 0 radical (unpaired) electrons. The van der Waals surface area contributed by atoms with Crippen LogP contribution in [0.5, 0.6) is 0 Å². The minimum absolute atomic E-state index is 0.0137. The van der Waals surface area contributed by atoms with E-state index in [-0.39, 0.29) is 5.69 Å². The van der Waals surface area contributed by atoms with Crippen molar-refractivity contribution >= 4 is 22.4 Å². The highest BCUT2D eigenvalue weighted by atomic mass is 16.1. The SMILES string of the molecule is CCn1c(=O)n(C)c2ccc(NN=C(C)C)cc21. The monoisotopic (exact) mass is 246 g/mol. The molecule has 1 aromatic carbocycles. The van der Waals surface area contributed by atoms with Crippen molar-refractivity contribution in [3.05, 3.63) is 28.7 Å². The van der Waals surface area contributed by atoms with Gasteiger partial charge < -0.3 is 0 Å². The highest BCUT2D eigenvalue weighted by Crippen LogP contribution is 2.18. The van der Waals surface area contributed by atoms with Crippen molar-refractivity contribution in [1.29, 1.82) is 0 Å². The lowest BCUT2D eigenvalue weighted by Gasteiger charge is -2.03. The largest absolute Gasteiger partial charge is 0.328 e. The van der Waals surface area contributed by atoms with E-state index in [2.05, 4.69) is 10.5 Å². The Morgan fingerprint density at radius 1 is 1.33 bits per heavy atom. The third-order valence-electron chi connectivity index (χ3n) is 2.87. The first-order valence-electron chi connectivity index (χ1n) is 6.00. The summed E-state index contributed by atoms with van der Waals surface area (Å²) in [5.74, 6) is 0. The topological polar surface area (TPSA) is 51.3 Å². The Bertz CT molecular complexity index is 659. The van der Waals surface area contributed by atoms with Crippen LogP contribution in [0.25, 0.3) is 11.0 Å². The lowest BCUT2D eigenvalue weighted by Crippen LogP contribution is -2.21. The Balaban J connectivity index is 2.57. The van der Waals surface area contributed by atoms with E-state index >= 15 is 0 Å². The maximum absolute atomic E-state index is 12.0. The zero-order chi connectivity index (χ0) is 13.3. The molecule has 2 aromatic rings. The second-order valence-corrected chi connectivity index (χ2v) is 4.46. The molecule has 1 N–H and O–H groups in total. The van der Waals surface area contributed by atoms with Gasteiger partial charge in [-0.3, -0.25) is 14.6 Å². The second-order valence-electron chi connectivity index (χ2n) is 4.46. The van der Waals surface area contributed by atoms with E-state index in [1.807, 2.05) is 39.0 Å². The summed E-state index contributed by atoms with van der Waals surface area (Å²) in [6.45, 7) is 6.48. The Morgan fingerprint density at radius 3 is 2.67 bits per heavy atom. The van der Waals surface area contributed by atoms with Crippen molar-refractivity contribution in [3.63, 3.8) is 0 Å². The predicted molar refractivity (Wildman–Crippen MR) is 75.3 cm³/mol. The van der Waals surface area contributed by atoms with E-state index in [4.69, 9.17) is 0 Å². The van der Waals surface area contributed by atoms with Gasteiger partial charge in [0.15, 0.2) is 0 Å². The van der Waals surface area contributed by atoms with Gasteiger partial charge in [-0.2, -0.15) is 5.10 Å². The van der Waals surface area contributed by atoms with Gasteiger partial charge in [-0.15, -0.1) is 0 Å². The number of aryl methyl sites for hydroxylation is 2. The van der Waals surface area contributed by atoms with Crippen LogP contribution in [0.15, 0.2) is 28.1 Å². The van der Waals surface area contributed by atoms with Gasteiger partial charge in [0.05, 0.1) is 16.7 Å². The number of benzene rings is 1. The molecule has 0 bridgehead atoms. The average molecular weight is 246 g/mol. The number of fused-ring (bicyclic) bond motifs is 1. The molecule has 0 atom stereocenters. The van der Waals surface area contributed by atoms with Crippen molar-refractivity contribution in [2.45, 2.75) is 27.3 Å². The number of nitrogens with zero attached hydrogens (tertiary/aromatic N) is 3. The fourth-order valence-corrected chi connectivity index (χ4v) is 1.96. The number of hydrogen-bond acceptors (Lipinski definition) is 3. The lowest BCUT2D eigenvalue weighted by molar-refractivity contribution is 0.712. The summed E-state index contributed by atoms with van der Waals surface area (Å²) in [4.78, 5) is 12.0. The van der Waals surface area contributed by atoms with Gasteiger partial charge in [0.2, 0.25) is 0 Å². The predicted octanol–water partition coefficient (Wildman–Crippen LogP) is 2.17. The number of nitrogens with one attached hydrogen (secondary N) is 1. The van der Waals surface area contributed by atoms with Gasteiger partial charge in [-0.25, -0.2) is 4.79 Å². The van der Waals surface area contributed by atoms with Crippen LogP contribution in [0.1, 0.15) is 20.8 Å². The van der Waals surface area contributed by atoms with Crippen LogP contribution in [0.2, 0.25) is 0 Å². The molecular weight excluding hydrogens is 228 g/mol. The maximum atomic E-state index is 12.0. The molecule has 0 aliphatic carbocycles. The van der Waals surface area contributed by atoms with Crippen LogP contribution >= 0.6 is 0 Å². The summed E-state index contributed by atoms with van der Waals surface area (Å²) in [6.07, 6.45) is 0. The Labute approximate surface area is 106 Å². The zero-order valence-corrected chi connectivity index (χ0v) is 11.2. The van der Waals surface area contributed by atoms with Crippen molar-refractivity contribution in [2.75, 3.05) is 5.43 Å². The smallest absolute Gasteiger partial charge is 0.295 e. The maximum Gasteiger partial charge on any atom is 0.328 e. The molecule has 1 aromatic heterocycles. The first-order valence-corrected chi connectivity index (χ1v) is 6.00. The third-order valence-corrected chi connectivity index (χ3v) is 2.87. The number of hydrogen-bond donors (Lipinski definition) is 1. The molecule has 5 nitrogen and oxygen atoms in total. The molecule has 0 saturated heterocycles. The summed E-state index contributed by atoms with van der Waals surface area (Å²) in [5.41, 5.74) is 6.70. The lowest BCUT2D eigenvalue weighted by atomic mass is 10.2. The zero-order valence-electron chi connectivity index (χ0n) is 11.2. The van der Waals surface area contributed by atoms with Crippen LogP contribution in [0, 0.1) is 0 Å². The van der Waals surface area contributed by atoms with Gasteiger partial charge >= 0.3 is 5.69 Å². The average Bonchev–Trinajstić information content (AvgIpc) is 2.59. The van der Waals surface area contributed by atoms with E-state index in [0.29, 0.717) is 6.54 Å². The summed E-state index contributed by atoms with van der Waals surface area (Å²) >= 11 is 0. The van der Waals surface area contributed by atoms with Crippen LogP contribution in [0.4, 0.5) is 5.69 Å². The van der Waals surface area contributed by atoms with E-state index in [0.717, 1.165) is 22.4 Å². The quantitative estimate of drug-likeness (QED) is 0.666. The van der Waals surface area contributed by atoms with Crippen LogP contribution < -0.4 is 11.1 Å². The fourth-order valence-electron chi connectivity index (χ4n) is 1.96. The van der Waals surface area contributed by atoms with E-state index in [1.165, 1.54) is 0 Å². The van der Waals surface area contributed by atoms with Crippen LogP contribution in [-0.2, 0) is 13.6 Å². The normalized spacial score (nSPS) is 10.7. The first kappa shape index (κ1) is 12.4. The minimum Gasteiger partial charge on any atom is -0.295 e. The number of hydrazone groups is 1. The van der Waals surface area contributed by atoms with Crippen LogP contribution in [-0.4, -0.2) is 14.8 Å². The molecule has 0 aliphatic heterocycles. The molecular formula is C13H18N4O. The Hall–Kier alpha value is -2.04. The van der Waals surface area contributed by atoms with Gasteiger partial charge in [0, 0.05) is 19.3 Å². The molecule has 0 unspecified atom stereocenters. The van der Waals surface area contributed by atoms with Crippen molar-refractivity contribution in [3.8, 4) is 0 Å². The number of anilines is 1. The fraction of sp³-hybridized carbons (Fsp3) is 0.385. The molecule has 5 heteroatoms. The Kier molecular flexibility index (Phi) is 3.23. The molecule has 0 amide bonds. The van der Waals surface area contributed by atoms with Gasteiger partial charge in [0.25, 0.3) is 0 Å². The van der Waals surface area contributed by atoms with Crippen molar-refractivity contribution in [1.82, 2.24) is 9.13 Å². The van der Waals surface area contributed by atoms with Gasteiger partial charge in [0.1, 0.15) is 0 Å². The number of imidazole rings is 1. The van der Waals surface area contributed by atoms with E-state index in [9.17, 15) is 4.79 Å². The molecule has 0 spiro atoms.